The normalized spacial score (nSPS) is 10.3. The SMILES string of the molecule is c1csc(CSc2nncs2)n1. The molecule has 62 valence electrons. The summed E-state index contributed by atoms with van der Waals surface area (Å²) >= 11 is 4.91. The van der Waals surface area contributed by atoms with Crippen molar-refractivity contribution in [3.8, 4) is 0 Å². The highest BCUT2D eigenvalue weighted by Crippen LogP contribution is 2.23. The van der Waals surface area contributed by atoms with Crippen LogP contribution in [0.1, 0.15) is 5.01 Å². The standard InChI is InChI=1S/C6H5N3S3/c1-2-10-5(7-1)3-11-6-9-8-4-12-6/h1-2,4H,3H2. The van der Waals surface area contributed by atoms with Crippen LogP contribution < -0.4 is 0 Å². The van der Waals surface area contributed by atoms with Crippen molar-refractivity contribution in [2.45, 2.75) is 10.1 Å². The molecule has 0 aliphatic carbocycles. The molecule has 0 saturated carbocycles. The molecule has 12 heavy (non-hydrogen) atoms. The lowest BCUT2D eigenvalue weighted by atomic mass is 10.8. The Morgan fingerprint density at radius 3 is 3.08 bits per heavy atom. The van der Waals surface area contributed by atoms with E-state index < -0.39 is 0 Å². The Kier molecular flexibility index (Phi) is 2.70. The summed E-state index contributed by atoms with van der Waals surface area (Å²) in [5.41, 5.74) is 1.74. The van der Waals surface area contributed by atoms with Crippen molar-refractivity contribution >= 4 is 34.4 Å². The van der Waals surface area contributed by atoms with Gasteiger partial charge in [0.15, 0.2) is 4.34 Å². The van der Waals surface area contributed by atoms with Crippen LogP contribution in [0.5, 0.6) is 0 Å². The monoisotopic (exact) mass is 215 g/mol. The fourth-order valence-corrected chi connectivity index (χ4v) is 2.81. The first kappa shape index (κ1) is 8.15. The molecule has 0 bridgehead atoms. The molecule has 0 aromatic carbocycles. The maximum atomic E-state index is 4.17. The summed E-state index contributed by atoms with van der Waals surface area (Å²) in [6, 6.07) is 0. The molecule has 0 N–H and O–H groups in total. The minimum absolute atomic E-state index is 0.896. The van der Waals surface area contributed by atoms with E-state index in [1.54, 1.807) is 39.9 Å². The average Bonchev–Trinajstić information content (AvgIpc) is 2.74. The highest BCUT2D eigenvalue weighted by Gasteiger charge is 2.00. The molecule has 0 unspecified atom stereocenters. The second kappa shape index (κ2) is 3.97. The van der Waals surface area contributed by atoms with E-state index >= 15 is 0 Å². The Labute approximate surface area is 81.9 Å². The van der Waals surface area contributed by atoms with Crippen LogP contribution >= 0.6 is 34.4 Å². The number of thiazole rings is 1. The zero-order valence-electron chi connectivity index (χ0n) is 6.01. The Hall–Kier alpha value is -0.460. The third-order valence-electron chi connectivity index (χ3n) is 1.14. The van der Waals surface area contributed by atoms with Gasteiger partial charge in [-0.25, -0.2) is 4.98 Å². The summed E-state index contributed by atoms with van der Waals surface area (Å²) in [5, 5.41) is 10.8. The van der Waals surface area contributed by atoms with E-state index in [4.69, 9.17) is 0 Å². The van der Waals surface area contributed by atoms with Gasteiger partial charge in [-0.15, -0.1) is 21.5 Å². The van der Waals surface area contributed by atoms with Gasteiger partial charge in [0.05, 0.1) is 5.75 Å². The quantitative estimate of drug-likeness (QED) is 0.736. The highest BCUT2D eigenvalue weighted by atomic mass is 32.2. The van der Waals surface area contributed by atoms with Crippen LogP contribution in [0.2, 0.25) is 0 Å². The van der Waals surface area contributed by atoms with Gasteiger partial charge in [0.25, 0.3) is 0 Å². The molecule has 2 heterocycles. The number of thioether (sulfide) groups is 1. The van der Waals surface area contributed by atoms with Crippen molar-refractivity contribution in [1.82, 2.24) is 15.2 Å². The third-order valence-corrected chi connectivity index (χ3v) is 3.98. The molecule has 0 atom stereocenters. The predicted octanol–water partition coefficient (Wildman–Crippen LogP) is 2.29. The Balaban J connectivity index is 1.91. The minimum atomic E-state index is 0.896. The van der Waals surface area contributed by atoms with Crippen molar-refractivity contribution in [1.29, 1.82) is 0 Å². The fourth-order valence-electron chi connectivity index (χ4n) is 0.674. The first-order valence-corrected chi connectivity index (χ1v) is 5.97. The van der Waals surface area contributed by atoms with Gasteiger partial charge < -0.3 is 0 Å². The van der Waals surface area contributed by atoms with E-state index in [2.05, 4.69) is 15.2 Å². The molecule has 0 fully saturated rings. The van der Waals surface area contributed by atoms with E-state index in [9.17, 15) is 0 Å². The van der Waals surface area contributed by atoms with E-state index in [1.165, 1.54) is 0 Å². The first-order valence-electron chi connectivity index (χ1n) is 3.22. The fraction of sp³-hybridized carbons (Fsp3) is 0.167. The van der Waals surface area contributed by atoms with Crippen LogP contribution in [0, 0.1) is 0 Å². The van der Waals surface area contributed by atoms with Gasteiger partial charge in [0.2, 0.25) is 0 Å². The van der Waals surface area contributed by atoms with Crippen LogP contribution in [0.4, 0.5) is 0 Å². The lowest BCUT2D eigenvalue weighted by Crippen LogP contribution is -1.76. The Bertz CT molecular complexity index is 281. The molecule has 2 rings (SSSR count). The Morgan fingerprint density at radius 2 is 2.42 bits per heavy atom. The molecule has 0 amide bonds. The van der Waals surface area contributed by atoms with Gasteiger partial charge in [-0.05, 0) is 0 Å². The van der Waals surface area contributed by atoms with Gasteiger partial charge in [-0.1, -0.05) is 23.1 Å². The van der Waals surface area contributed by atoms with Crippen LogP contribution in [0.3, 0.4) is 0 Å². The summed E-state index contributed by atoms with van der Waals surface area (Å²) in [5.74, 6) is 0.896. The zero-order valence-corrected chi connectivity index (χ0v) is 8.46. The largest absolute Gasteiger partial charge is 0.249 e. The molecule has 0 saturated heterocycles. The minimum Gasteiger partial charge on any atom is -0.249 e. The number of hydrogen-bond donors (Lipinski definition) is 0. The molecule has 0 spiro atoms. The molecule has 2 aromatic heterocycles. The molecular weight excluding hydrogens is 210 g/mol. The molecule has 0 aliphatic rings. The molecule has 2 aromatic rings. The molecule has 0 aliphatic heterocycles. The van der Waals surface area contributed by atoms with Gasteiger partial charge in [-0.2, -0.15) is 0 Å². The molecular formula is C6H5N3S3. The lowest BCUT2D eigenvalue weighted by Gasteiger charge is -1.89. The van der Waals surface area contributed by atoms with Crippen LogP contribution in [0.25, 0.3) is 0 Å². The maximum Gasteiger partial charge on any atom is 0.174 e. The van der Waals surface area contributed by atoms with Gasteiger partial charge in [-0.3, -0.25) is 0 Å². The van der Waals surface area contributed by atoms with Gasteiger partial charge >= 0.3 is 0 Å². The zero-order chi connectivity index (χ0) is 8.23. The second-order valence-electron chi connectivity index (χ2n) is 1.92. The third kappa shape index (κ3) is 2.02. The number of rotatable bonds is 3. The maximum absolute atomic E-state index is 4.17. The van der Waals surface area contributed by atoms with Crippen molar-refractivity contribution in [2.24, 2.45) is 0 Å². The summed E-state index contributed by atoms with van der Waals surface area (Å²) in [6.45, 7) is 0. The van der Waals surface area contributed by atoms with Crippen molar-refractivity contribution in [2.75, 3.05) is 0 Å². The van der Waals surface area contributed by atoms with E-state index in [1.807, 2.05) is 11.6 Å². The second-order valence-corrected chi connectivity index (χ2v) is 4.95. The molecule has 3 nitrogen and oxygen atoms in total. The van der Waals surface area contributed by atoms with E-state index in [0.29, 0.717) is 0 Å². The topological polar surface area (TPSA) is 38.7 Å². The van der Waals surface area contributed by atoms with Crippen LogP contribution in [-0.4, -0.2) is 15.2 Å². The van der Waals surface area contributed by atoms with Crippen molar-refractivity contribution in [3.63, 3.8) is 0 Å². The highest BCUT2D eigenvalue weighted by molar-refractivity contribution is 8.00. The summed E-state index contributed by atoms with van der Waals surface area (Å²) in [4.78, 5) is 4.17. The van der Waals surface area contributed by atoms with Crippen molar-refractivity contribution in [3.05, 3.63) is 22.1 Å². The summed E-state index contributed by atoms with van der Waals surface area (Å²) < 4.78 is 1.00. The Morgan fingerprint density at radius 1 is 1.42 bits per heavy atom. The van der Waals surface area contributed by atoms with Gasteiger partial charge in [0.1, 0.15) is 10.5 Å². The predicted molar refractivity (Wildman–Crippen MR) is 51.6 cm³/mol. The van der Waals surface area contributed by atoms with Crippen LogP contribution in [-0.2, 0) is 5.75 Å². The molecule has 6 heteroatoms. The van der Waals surface area contributed by atoms with Gasteiger partial charge in [0, 0.05) is 11.6 Å². The number of hydrogen-bond acceptors (Lipinski definition) is 6. The number of nitrogens with zero attached hydrogens (tertiary/aromatic N) is 3. The van der Waals surface area contributed by atoms with E-state index in [0.717, 1.165) is 15.1 Å². The average molecular weight is 215 g/mol. The number of aromatic nitrogens is 3. The smallest absolute Gasteiger partial charge is 0.174 e. The lowest BCUT2D eigenvalue weighted by molar-refractivity contribution is 1.01. The first-order chi connectivity index (χ1) is 5.95. The molecule has 0 radical (unpaired) electrons. The van der Waals surface area contributed by atoms with E-state index in [-0.39, 0.29) is 0 Å². The summed E-state index contributed by atoms with van der Waals surface area (Å²) in [6.07, 6.45) is 1.82. The summed E-state index contributed by atoms with van der Waals surface area (Å²) in [7, 11) is 0. The van der Waals surface area contributed by atoms with Crippen molar-refractivity contribution < 1.29 is 0 Å². The van der Waals surface area contributed by atoms with Crippen LogP contribution in [0.15, 0.2) is 21.4 Å².